The van der Waals surface area contributed by atoms with Crippen LogP contribution in [-0.4, -0.2) is 57.5 Å². The zero-order chi connectivity index (χ0) is 19.3. The van der Waals surface area contributed by atoms with Crippen molar-refractivity contribution in [3.63, 3.8) is 0 Å². The molecule has 1 aliphatic rings. The molecule has 1 saturated heterocycles. The van der Waals surface area contributed by atoms with E-state index in [1.165, 1.54) is 18.5 Å². The predicted molar refractivity (Wildman–Crippen MR) is 113 cm³/mol. The van der Waals surface area contributed by atoms with Crippen LogP contribution in [0.5, 0.6) is 0 Å². The molecule has 0 spiro atoms. The lowest BCUT2D eigenvalue weighted by molar-refractivity contribution is 0.111. The van der Waals surface area contributed by atoms with E-state index in [0.29, 0.717) is 6.04 Å². The van der Waals surface area contributed by atoms with Crippen LogP contribution in [0.15, 0.2) is 48.7 Å². The Morgan fingerprint density at radius 3 is 2.64 bits per heavy atom. The first-order chi connectivity index (χ1) is 13.7. The van der Waals surface area contributed by atoms with Crippen molar-refractivity contribution in [3.8, 4) is 0 Å². The number of aryl methyl sites for hydroxylation is 1. The van der Waals surface area contributed by atoms with Crippen molar-refractivity contribution in [2.45, 2.75) is 38.8 Å². The summed E-state index contributed by atoms with van der Waals surface area (Å²) in [6.45, 7) is 6.24. The first-order valence-corrected chi connectivity index (χ1v) is 10.2. The first kappa shape index (κ1) is 19.0. The van der Waals surface area contributed by atoms with Crippen molar-refractivity contribution < 1.29 is 0 Å². The zero-order valence-electron chi connectivity index (χ0n) is 16.9. The van der Waals surface area contributed by atoms with E-state index in [1.54, 1.807) is 0 Å². The summed E-state index contributed by atoms with van der Waals surface area (Å²) in [7, 11) is 2.25. The molecular formula is C23H29N5. The van der Waals surface area contributed by atoms with Gasteiger partial charge in [0.15, 0.2) is 0 Å². The minimum absolute atomic E-state index is 0.589. The Hall–Kier alpha value is -2.37. The van der Waals surface area contributed by atoms with Gasteiger partial charge in [0.05, 0.1) is 22.4 Å². The van der Waals surface area contributed by atoms with Crippen LogP contribution < -0.4 is 0 Å². The molecule has 0 radical (unpaired) electrons. The fraction of sp³-hybridized carbons (Fsp3) is 0.435. The molecule has 2 aromatic heterocycles. The Kier molecular flexibility index (Phi) is 5.93. The SMILES string of the molecule is Cc1nc2ccccc2nc1CN1CCCC(N(C)CCc2ccccn2)C1. The van der Waals surface area contributed by atoms with Gasteiger partial charge in [-0.25, -0.2) is 9.97 Å². The van der Waals surface area contributed by atoms with E-state index in [9.17, 15) is 0 Å². The van der Waals surface area contributed by atoms with Crippen molar-refractivity contribution in [2.75, 3.05) is 26.7 Å². The number of hydrogen-bond donors (Lipinski definition) is 0. The molecule has 1 aliphatic heterocycles. The van der Waals surface area contributed by atoms with Crippen molar-refractivity contribution in [1.82, 2.24) is 24.8 Å². The minimum atomic E-state index is 0.589. The maximum atomic E-state index is 4.89. The predicted octanol–water partition coefficient (Wildman–Crippen LogP) is 3.47. The topological polar surface area (TPSA) is 45.2 Å². The van der Waals surface area contributed by atoms with Crippen LogP contribution in [0.4, 0.5) is 0 Å². The van der Waals surface area contributed by atoms with Crippen molar-refractivity contribution in [3.05, 3.63) is 65.7 Å². The van der Waals surface area contributed by atoms with Gasteiger partial charge >= 0.3 is 0 Å². The second-order valence-corrected chi connectivity index (χ2v) is 7.83. The lowest BCUT2D eigenvalue weighted by Crippen LogP contribution is -2.46. The van der Waals surface area contributed by atoms with Crippen LogP contribution in [0.1, 0.15) is 29.9 Å². The molecule has 1 fully saturated rings. The summed E-state index contributed by atoms with van der Waals surface area (Å²) in [5.74, 6) is 0. The van der Waals surface area contributed by atoms with Crippen LogP contribution in [0, 0.1) is 6.92 Å². The van der Waals surface area contributed by atoms with Crippen LogP contribution >= 0.6 is 0 Å². The van der Waals surface area contributed by atoms with E-state index >= 15 is 0 Å². The van der Waals surface area contributed by atoms with Gasteiger partial charge in [-0.1, -0.05) is 18.2 Å². The molecule has 0 aliphatic carbocycles. The first-order valence-electron chi connectivity index (χ1n) is 10.2. The summed E-state index contributed by atoms with van der Waals surface area (Å²) < 4.78 is 0. The van der Waals surface area contributed by atoms with Crippen LogP contribution in [0.25, 0.3) is 11.0 Å². The number of benzene rings is 1. The lowest BCUT2D eigenvalue weighted by atomic mass is 10.0. The Morgan fingerprint density at radius 1 is 1.07 bits per heavy atom. The molecule has 4 rings (SSSR count). The lowest BCUT2D eigenvalue weighted by Gasteiger charge is -2.37. The Morgan fingerprint density at radius 2 is 1.86 bits per heavy atom. The van der Waals surface area contributed by atoms with Crippen molar-refractivity contribution >= 4 is 11.0 Å². The molecule has 1 aromatic carbocycles. The molecule has 0 saturated carbocycles. The van der Waals surface area contributed by atoms with Crippen molar-refractivity contribution in [1.29, 1.82) is 0 Å². The van der Waals surface area contributed by atoms with E-state index < -0.39 is 0 Å². The van der Waals surface area contributed by atoms with Gasteiger partial charge in [-0.2, -0.15) is 0 Å². The average Bonchev–Trinajstić information content (AvgIpc) is 2.73. The highest BCUT2D eigenvalue weighted by atomic mass is 15.2. The molecule has 0 bridgehead atoms. The second kappa shape index (κ2) is 8.76. The molecule has 0 amide bonds. The van der Waals surface area contributed by atoms with E-state index in [0.717, 1.165) is 55.0 Å². The van der Waals surface area contributed by atoms with Crippen LogP contribution in [-0.2, 0) is 13.0 Å². The largest absolute Gasteiger partial charge is 0.302 e. The Bertz CT molecular complexity index is 911. The van der Waals surface area contributed by atoms with Gasteiger partial charge in [-0.15, -0.1) is 0 Å². The van der Waals surface area contributed by atoms with E-state index in [4.69, 9.17) is 9.97 Å². The van der Waals surface area contributed by atoms with Gasteiger partial charge < -0.3 is 4.90 Å². The third-order valence-corrected chi connectivity index (χ3v) is 5.77. The third-order valence-electron chi connectivity index (χ3n) is 5.77. The molecule has 0 N–H and O–H groups in total. The summed E-state index contributed by atoms with van der Waals surface area (Å²) in [5, 5.41) is 0. The quantitative estimate of drug-likeness (QED) is 0.660. The van der Waals surface area contributed by atoms with Gasteiger partial charge in [0.1, 0.15) is 0 Å². The highest BCUT2D eigenvalue weighted by molar-refractivity contribution is 5.74. The number of pyridine rings is 1. The molecular weight excluding hydrogens is 346 g/mol. The number of rotatable bonds is 6. The number of nitrogens with zero attached hydrogens (tertiary/aromatic N) is 5. The van der Waals surface area contributed by atoms with E-state index in [1.807, 2.05) is 30.5 Å². The monoisotopic (exact) mass is 375 g/mol. The normalized spacial score (nSPS) is 18.0. The number of hydrogen-bond acceptors (Lipinski definition) is 5. The Balaban J connectivity index is 1.38. The number of fused-ring (bicyclic) bond motifs is 1. The summed E-state index contributed by atoms with van der Waals surface area (Å²) in [5.41, 5.74) is 5.29. The number of aromatic nitrogens is 3. The summed E-state index contributed by atoms with van der Waals surface area (Å²) in [6, 6.07) is 14.9. The third kappa shape index (κ3) is 4.54. The highest BCUT2D eigenvalue weighted by Gasteiger charge is 2.24. The summed E-state index contributed by atoms with van der Waals surface area (Å²) >= 11 is 0. The number of piperidine rings is 1. The smallest absolute Gasteiger partial charge is 0.0890 e. The minimum Gasteiger partial charge on any atom is -0.302 e. The van der Waals surface area contributed by atoms with Gasteiger partial charge in [0, 0.05) is 44.0 Å². The molecule has 3 heterocycles. The van der Waals surface area contributed by atoms with Gasteiger partial charge in [-0.05, 0) is 57.6 Å². The number of likely N-dealkylation sites (N-methyl/N-ethyl adjacent to an activating group) is 1. The average molecular weight is 376 g/mol. The standard InChI is InChI=1S/C23H29N5/c1-18-23(26-22-11-4-3-10-21(22)25-18)17-28-14-7-9-20(16-28)27(2)15-12-19-8-5-6-13-24-19/h3-6,8,10-11,13,20H,7,9,12,14-17H2,1-2H3. The van der Waals surface area contributed by atoms with Crippen LogP contribution in [0.2, 0.25) is 0 Å². The summed E-state index contributed by atoms with van der Waals surface area (Å²) in [4.78, 5) is 19.1. The van der Waals surface area contributed by atoms with Gasteiger partial charge in [-0.3, -0.25) is 9.88 Å². The fourth-order valence-electron chi connectivity index (χ4n) is 4.04. The van der Waals surface area contributed by atoms with Crippen molar-refractivity contribution in [2.24, 2.45) is 0 Å². The molecule has 28 heavy (non-hydrogen) atoms. The van der Waals surface area contributed by atoms with Crippen LogP contribution in [0.3, 0.4) is 0 Å². The Labute approximate surface area is 167 Å². The maximum absolute atomic E-state index is 4.89. The maximum Gasteiger partial charge on any atom is 0.0890 e. The molecule has 5 heteroatoms. The fourth-order valence-corrected chi connectivity index (χ4v) is 4.04. The molecule has 3 aromatic rings. The second-order valence-electron chi connectivity index (χ2n) is 7.83. The van der Waals surface area contributed by atoms with E-state index in [-0.39, 0.29) is 0 Å². The summed E-state index contributed by atoms with van der Waals surface area (Å²) in [6.07, 6.45) is 5.38. The van der Waals surface area contributed by atoms with E-state index in [2.05, 4.69) is 47.0 Å². The van der Waals surface area contributed by atoms with Gasteiger partial charge in [0.25, 0.3) is 0 Å². The highest BCUT2D eigenvalue weighted by Crippen LogP contribution is 2.19. The number of para-hydroxylation sites is 2. The molecule has 1 atom stereocenters. The molecule has 1 unspecified atom stereocenters. The van der Waals surface area contributed by atoms with Gasteiger partial charge in [0.2, 0.25) is 0 Å². The molecule has 5 nitrogen and oxygen atoms in total. The zero-order valence-corrected chi connectivity index (χ0v) is 16.9. The molecule has 146 valence electrons. The number of likely N-dealkylation sites (tertiary alicyclic amines) is 1.